The molecule has 2 aromatic heterocycles. The average Bonchev–Trinajstić information content (AvgIpc) is 3.61. The molecule has 0 spiro atoms. The highest BCUT2D eigenvalue weighted by atomic mass is 16.3. The number of furan rings is 1. The van der Waals surface area contributed by atoms with E-state index in [9.17, 15) is 0 Å². The van der Waals surface area contributed by atoms with Crippen LogP contribution in [-0.4, -0.2) is 15.0 Å². The SMILES string of the molecule is [2H]c1c([2H])c([2H])c(-c2ccc(-c3cccc(-c4nc(-c5ccc6ccccc6c5)nc(-c5cccc6c5oc5cc7ccccc7cc56)n4)c3)cc2)c([2H])c1[2H]. The Hall–Kier alpha value is -6.91. The van der Waals surface area contributed by atoms with Crippen molar-refractivity contribution in [1.29, 1.82) is 0 Å². The third-order valence-corrected chi connectivity index (χ3v) is 9.38. The standard InChI is InChI=1S/C47H29N3O/c1-2-10-30(11-3-1)32-20-22-33(23-21-32)35-16-8-17-38(26-35)45-48-46(39-25-24-31-12-4-5-13-34(31)27-39)50-47(49-45)41-19-9-18-40-42-28-36-14-6-7-15-37(36)29-43(42)51-44(40)41/h1-29H/i1D,2D,3D,10D,11D. The fourth-order valence-electron chi connectivity index (χ4n) is 6.80. The highest BCUT2D eigenvalue weighted by molar-refractivity contribution is 6.13. The van der Waals surface area contributed by atoms with E-state index in [1.165, 1.54) is 0 Å². The van der Waals surface area contributed by atoms with Crippen molar-refractivity contribution in [3.63, 3.8) is 0 Å². The van der Waals surface area contributed by atoms with Crippen molar-refractivity contribution in [2.24, 2.45) is 0 Å². The number of hydrogen-bond acceptors (Lipinski definition) is 4. The summed E-state index contributed by atoms with van der Waals surface area (Å²) < 4.78 is 47.6. The quantitative estimate of drug-likeness (QED) is 0.185. The molecule has 0 unspecified atom stereocenters. The lowest BCUT2D eigenvalue weighted by Crippen LogP contribution is -2.00. The monoisotopic (exact) mass is 656 g/mol. The van der Waals surface area contributed by atoms with Gasteiger partial charge in [0, 0.05) is 21.9 Å². The Morgan fingerprint density at radius 1 is 0.392 bits per heavy atom. The van der Waals surface area contributed by atoms with Gasteiger partial charge in [0.05, 0.1) is 12.4 Å². The molecule has 0 aliphatic carbocycles. The van der Waals surface area contributed by atoms with Gasteiger partial charge < -0.3 is 4.42 Å². The summed E-state index contributed by atoms with van der Waals surface area (Å²) in [6.07, 6.45) is 0. The largest absolute Gasteiger partial charge is 0.455 e. The molecule has 0 aliphatic heterocycles. The van der Waals surface area contributed by atoms with Crippen molar-refractivity contribution < 1.29 is 11.3 Å². The summed E-state index contributed by atoms with van der Waals surface area (Å²) >= 11 is 0. The van der Waals surface area contributed by atoms with Crippen LogP contribution in [0.5, 0.6) is 0 Å². The van der Waals surface area contributed by atoms with E-state index in [2.05, 4.69) is 54.6 Å². The normalized spacial score (nSPS) is 12.9. The molecule has 0 saturated heterocycles. The molecule has 4 heteroatoms. The van der Waals surface area contributed by atoms with Crippen LogP contribution >= 0.6 is 0 Å². The van der Waals surface area contributed by atoms with Crippen LogP contribution < -0.4 is 0 Å². The third-order valence-electron chi connectivity index (χ3n) is 9.38. The average molecular weight is 657 g/mol. The van der Waals surface area contributed by atoms with Gasteiger partial charge in [0.25, 0.3) is 0 Å². The number of aromatic nitrogens is 3. The molecule has 0 N–H and O–H groups in total. The molecule has 0 aliphatic rings. The molecule has 0 fully saturated rings. The molecule has 10 aromatic rings. The minimum atomic E-state index is -0.412. The Labute approximate surface area is 301 Å². The van der Waals surface area contributed by atoms with E-state index in [1.807, 2.05) is 78.9 Å². The number of fused-ring (bicyclic) bond motifs is 5. The summed E-state index contributed by atoms with van der Waals surface area (Å²) in [5.41, 5.74) is 6.38. The highest BCUT2D eigenvalue weighted by Gasteiger charge is 2.18. The van der Waals surface area contributed by atoms with Crippen molar-refractivity contribution >= 4 is 43.5 Å². The summed E-state index contributed by atoms with van der Waals surface area (Å²) in [7, 11) is 0. The van der Waals surface area contributed by atoms with Gasteiger partial charge >= 0.3 is 0 Å². The maximum absolute atomic E-state index is 8.42. The number of rotatable bonds is 5. The van der Waals surface area contributed by atoms with E-state index in [1.54, 1.807) is 12.1 Å². The second kappa shape index (κ2) is 11.9. The van der Waals surface area contributed by atoms with Crippen LogP contribution in [0, 0.1) is 0 Å². The molecular weight excluding hydrogens is 623 g/mol. The summed E-state index contributed by atoms with van der Waals surface area (Å²) in [4.78, 5) is 15.2. The number of para-hydroxylation sites is 1. The zero-order valence-electron chi connectivity index (χ0n) is 32.1. The van der Waals surface area contributed by atoms with Crippen LogP contribution in [0.2, 0.25) is 0 Å². The van der Waals surface area contributed by atoms with E-state index in [4.69, 9.17) is 26.2 Å². The summed E-state index contributed by atoms with van der Waals surface area (Å²) in [6, 6.07) is 46.7. The predicted molar refractivity (Wildman–Crippen MR) is 209 cm³/mol. The molecule has 0 atom stereocenters. The summed E-state index contributed by atoms with van der Waals surface area (Å²) in [6.45, 7) is 0. The van der Waals surface area contributed by atoms with Crippen LogP contribution in [0.1, 0.15) is 6.85 Å². The van der Waals surface area contributed by atoms with Crippen LogP contribution in [0.4, 0.5) is 0 Å². The van der Waals surface area contributed by atoms with Crippen molar-refractivity contribution in [3.05, 3.63) is 176 Å². The van der Waals surface area contributed by atoms with Gasteiger partial charge in [0.1, 0.15) is 11.2 Å². The minimum Gasteiger partial charge on any atom is -0.455 e. The maximum atomic E-state index is 8.42. The predicted octanol–water partition coefficient (Wildman–Crippen LogP) is 12.4. The van der Waals surface area contributed by atoms with Crippen molar-refractivity contribution in [2.75, 3.05) is 0 Å². The lowest BCUT2D eigenvalue weighted by molar-refractivity contribution is 0.670. The Morgan fingerprint density at radius 3 is 1.75 bits per heavy atom. The van der Waals surface area contributed by atoms with Gasteiger partial charge in [-0.2, -0.15) is 0 Å². The lowest BCUT2D eigenvalue weighted by atomic mass is 9.99. The van der Waals surface area contributed by atoms with Crippen LogP contribution in [0.15, 0.2) is 180 Å². The first-order valence-corrected chi connectivity index (χ1v) is 16.7. The topological polar surface area (TPSA) is 51.8 Å². The second-order valence-corrected chi connectivity index (χ2v) is 12.5. The molecule has 4 nitrogen and oxygen atoms in total. The molecule has 0 radical (unpaired) electrons. The van der Waals surface area contributed by atoms with Crippen molar-refractivity contribution in [2.45, 2.75) is 0 Å². The van der Waals surface area contributed by atoms with E-state index in [-0.39, 0.29) is 29.7 Å². The van der Waals surface area contributed by atoms with Gasteiger partial charge in [-0.25, -0.2) is 15.0 Å². The number of nitrogens with zero attached hydrogens (tertiary/aromatic N) is 3. The summed E-state index contributed by atoms with van der Waals surface area (Å²) in [5, 5.41) is 6.44. The molecule has 10 rings (SSSR count). The van der Waals surface area contributed by atoms with Gasteiger partial charge in [-0.3, -0.25) is 0 Å². The Kier molecular flexibility index (Phi) is 5.66. The highest BCUT2D eigenvalue weighted by Crippen LogP contribution is 2.38. The Bertz CT molecular complexity index is 3180. The molecule has 51 heavy (non-hydrogen) atoms. The molecule has 0 saturated carbocycles. The summed E-state index contributed by atoms with van der Waals surface area (Å²) in [5.74, 6) is 1.51. The maximum Gasteiger partial charge on any atom is 0.167 e. The van der Waals surface area contributed by atoms with Crippen molar-refractivity contribution in [1.82, 2.24) is 15.0 Å². The lowest BCUT2D eigenvalue weighted by Gasteiger charge is -2.11. The van der Waals surface area contributed by atoms with E-state index in [0.29, 0.717) is 28.6 Å². The fraction of sp³-hybridized carbons (Fsp3) is 0. The first-order chi connectivity index (χ1) is 27.3. The van der Waals surface area contributed by atoms with Gasteiger partial charge in [-0.15, -0.1) is 0 Å². The van der Waals surface area contributed by atoms with Gasteiger partial charge in [0.2, 0.25) is 0 Å². The second-order valence-electron chi connectivity index (χ2n) is 12.5. The molecule has 0 amide bonds. The smallest absolute Gasteiger partial charge is 0.167 e. The van der Waals surface area contributed by atoms with Crippen LogP contribution in [0.25, 0.3) is 99.9 Å². The van der Waals surface area contributed by atoms with Crippen LogP contribution in [0.3, 0.4) is 0 Å². The zero-order valence-corrected chi connectivity index (χ0v) is 27.1. The third kappa shape index (κ3) is 5.22. The number of benzene rings is 8. The van der Waals surface area contributed by atoms with E-state index < -0.39 is 6.04 Å². The van der Waals surface area contributed by atoms with Crippen molar-refractivity contribution in [3.8, 4) is 56.4 Å². The number of hydrogen-bond donors (Lipinski definition) is 0. The Balaban J connectivity index is 1.11. The van der Waals surface area contributed by atoms with E-state index >= 15 is 0 Å². The zero-order chi connectivity index (χ0) is 38.1. The van der Waals surface area contributed by atoms with Crippen LogP contribution in [-0.2, 0) is 0 Å². The first-order valence-electron chi connectivity index (χ1n) is 19.2. The molecule has 238 valence electrons. The van der Waals surface area contributed by atoms with Gasteiger partial charge in [-0.1, -0.05) is 145 Å². The fourth-order valence-corrected chi connectivity index (χ4v) is 6.80. The van der Waals surface area contributed by atoms with Gasteiger partial charge in [-0.05, 0) is 74.1 Å². The molecule has 2 heterocycles. The first kappa shape index (κ1) is 24.3. The molecule has 0 bridgehead atoms. The minimum absolute atomic E-state index is 0.169. The Morgan fingerprint density at radius 2 is 0.980 bits per heavy atom. The molecule has 8 aromatic carbocycles. The molecular formula is C47H29N3O. The van der Waals surface area contributed by atoms with Gasteiger partial charge in [0.15, 0.2) is 17.5 Å². The van der Waals surface area contributed by atoms with E-state index in [0.717, 1.165) is 65.7 Å².